The quantitative estimate of drug-likeness (QED) is 0.647. The van der Waals surface area contributed by atoms with Gasteiger partial charge in [-0.1, -0.05) is 19.6 Å². The highest BCUT2D eigenvalue weighted by molar-refractivity contribution is 6.88. The van der Waals surface area contributed by atoms with Crippen molar-refractivity contribution >= 4 is 13.4 Å². The molecule has 0 aliphatic carbocycles. The predicted octanol–water partition coefficient (Wildman–Crippen LogP) is 1.64. The first-order chi connectivity index (χ1) is 5.55. The molecule has 2 nitrogen and oxygen atoms in total. The Kier molecular flexibility index (Phi) is 2.52. The molecule has 0 bridgehead atoms. The van der Waals surface area contributed by atoms with Crippen molar-refractivity contribution in [1.29, 1.82) is 0 Å². The van der Waals surface area contributed by atoms with E-state index in [0.717, 1.165) is 11.1 Å². The smallest absolute Gasteiger partial charge is 0.135 e. The second kappa shape index (κ2) is 3.27. The van der Waals surface area contributed by atoms with Gasteiger partial charge in [-0.05, 0) is 12.1 Å². The van der Waals surface area contributed by atoms with Crippen LogP contribution in [0.5, 0.6) is 5.75 Å². The lowest BCUT2D eigenvalue weighted by atomic mass is 10.5. The average Bonchev–Trinajstić information content (AvgIpc) is 2.03. The molecule has 0 atom stereocenters. The molecule has 0 aromatic carbocycles. The number of rotatable bonds is 2. The Hall–Kier alpha value is -0.833. The van der Waals surface area contributed by atoms with E-state index >= 15 is 0 Å². The first-order valence-corrected chi connectivity index (χ1v) is 7.55. The molecular weight excluding hydrogens is 166 g/mol. The van der Waals surface area contributed by atoms with E-state index in [4.69, 9.17) is 4.74 Å². The highest BCUT2D eigenvalue weighted by atomic mass is 28.3. The molecule has 0 spiro atoms. The molecule has 0 aliphatic heterocycles. The van der Waals surface area contributed by atoms with E-state index in [1.54, 1.807) is 7.11 Å². The summed E-state index contributed by atoms with van der Waals surface area (Å²) in [6, 6.07) is 3.88. The highest BCUT2D eigenvalue weighted by Crippen LogP contribution is 2.10. The van der Waals surface area contributed by atoms with Gasteiger partial charge in [-0.15, -0.1) is 0 Å². The number of hydrogen-bond donors (Lipinski definition) is 0. The zero-order chi connectivity index (χ0) is 9.19. The lowest BCUT2D eigenvalue weighted by Gasteiger charge is -2.17. The Labute approximate surface area is 74.6 Å². The molecule has 1 rings (SSSR count). The Balaban J connectivity index is 3.14. The SMILES string of the molecule is COc1cccnc1[Si](C)(C)C. The fourth-order valence-corrected chi connectivity index (χ4v) is 2.50. The van der Waals surface area contributed by atoms with Gasteiger partial charge in [-0.2, -0.15) is 0 Å². The topological polar surface area (TPSA) is 22.1 Å². The average molecular weight is 181 g/mol. The number of ether oxygens (including phenoxy) is 1. The fourth-order valence-electron chi connectivity index (χ4n) is 1.12. The molecule has 0 N–H and O–H groups in total. The predicted molar refractivity (Wildman–Crippen MR) is 53.8 cm³/mol. The first kappa shape index (κ1) is 9.26. The largest absolute Gasteiger partial charge is 0.495 e. The number of aromatic nitrogens is 1. The van der Waals surface area contributed by atoms with E-state index in [1.807, 2.05) is 18.3 Å². The Morgan fingerprint density at radius 2 is 2.00 bits per heavy atom. The second-order valence-electron chi connectivity index (χ2n) is 3.80. The minimum absolute atomic E-state index is 0.927. The maximum absolute atomic E-state index is 5.24. The molecule has 1 aromatic heterocycles. The van der Waals surface area contributed by atoms with Gasteiger partial charge in [0.15, 0.2) is 0 Å². The Morgan fingerprint density at radius 1 is 1.33 bits per heavy atom. The molecule has 0 aliphatic rings. The molecule has 0 radical (unpaired) electrons. The summed E-state index contributed by atoms with van der Waals surface area (Å²) < 4.78 is 5.24. The molecule has 3 heteroatoms. The molecule has 0 amide bonds. The van der Waals surface area contributed by atoms with Crippen LogP contribution in [0.1, 0.15) is 0 Å². The summed E-state index contributed by atoms with van der Waals surface area (Å²) in [6.45, 7) is 6.79. The third kappa shape index (κ3) is 1.85. The van der Waals surface area contributed by atoms with Crippen LogP contribution < -0.4 is 10.1 Å². The lowest BCUT2D eigenvalue weighted by Crippen LogP contribution is -2.40. The van der Waals surface area contributed by atoms with Crippen LogP contribution in [-0.2, 0) is 0 Å². The first-order valence-electron chi connectivity index (χ1n) is 4.05. The van der Waals surface area contributed by atoms with Crippen LogP contribution >= 0.6 is 0 Å². The monoisotopic (exact) mass is 181 g/mol. The molecule has 1 heterocycles. The third-order valence-corrected chi connectivity index (χ3v) is 3.50. The van der Waals surface area contributed by atoms with Gasteiger partial charge >= 0.3 is 0 Å². The van der Waals surface area contributed by atoms with Crippen LogP contribution in [0.25, 0.3) is 0 Å². The molecule has 0 saturated heterocycles. The maximum Gasteiger partial charge on any atom is 0.135 e. The van der Waals surface area contributed by atoms with Crippen LogP contribution in [0.3, 0.4) is 0 Å². The third-order valence-electron chi connectivity index (χ3n) is 1.70. The second-order valence-corrected chi connectivity index (χ2v) is 8.78. The van der Waals surface area contributed by atoms with Crippen LogP contribution in [-0.4, -0.2) is 20.2 Å². The normalized spacial score (nSPS) is 11.3. The molecular formula is C9H15NOSi. The fraction of sp³-hybridized carbons (Fsp3) is 0.444. The lowest BCUT2D eigenvalue weighted by molar-refractivity contribution is 0.416. The standard InChI is InChI=1S/C9H15NOSi/c1-11-8-6-5-7-10-9(8)12(2,3)4/h5-7H,1-4H3. The van der Waals surface area contributed by atoms with Gasteiger partial charge in [0.05, 0.1) is 12.4 Å². The number of nitrogens with zero attached hydrogens (tertiary/aromatic N) is 1. The van der Waals surface area contributed by atoms with E-state index in [1.165, 1.54) is 0 Å². The summed E-state index contributed by atoms with van der Waals surface area (Å²) in [5.74, 6) is 0.927. The molecule has 12 heavy (non-hydrogen) atoms. The summed E-state index contributed by atoms with van der Waals surface area (Å²) in [5.41, 5.74) is 0. The number of hydrogen-bond acceptors (Lipinski definition) is 2. The molecule has 1 aromatic rings. The molecule has 0 fully saturated rings. The van der Waals surface area contributed by atoms with Crippen LogP contribution in [0, 0.1) is 0 Å². The Morgan fingerprint density at radius 3 is 2.42 bits per heavy atom. The summed E-state index contributed by atoms with van der Waals surface area (Å²) in [6.07, 6.45) is 1.83. The summed E-state index contributed by atoms with van der Waals surface area (Å²) in [5, 5.41) is 1.15. The zero-order valence-corrected chi connectivity index (χ0v) is 9.09. The number of methoxy groups -OCH3 is 1. The molecule has 0 saturated carbocycles. The van der Waals surface area contributed by atoms with Crippen molar-refractivity contribution in [3.05, 3.63) is 18.3 Å². The minimum atomic E-state index is -1.33. The molecule has 66 valence electrons. The van der Waals surface area contributed by atoms with Gasteiger partial charge in [0.1, 0.15) is 13.8 Å². The van der Waals surface area contributed by atoms with Crippen molar-refractivity contribution in [2.45, 2.75) is 19.6 Å². The summed E-state index contributed by atoms with van der Waals surface area (Å²) in [4.78, 5) is 4.36. The van der Waals surface area contributed by atoms with Crippen molar-refractivity contribution in [2.24, 2.45) is 0 Å². The Bertz CT molecular complexity index is 267. The van der Waals surface area contributed by atoms with E-state index in [2.05, 4.69) is 24.6 Å². The zero-order valence-electron chi connectivity index (χ0n) is 8.09. The van der Waals surface area contributed by atoms with Crippen molar-refractivity contribution in [3.63, 3.8) is 0 Å². The van der Waals surface area contributed by atoms with Crippen molar-refractivity contribution < 1.29 is 4.74 Å². The summed E-state index contributed by atoms with van der Waals surface area (Å²) >= 11 is 0. The van der Waals surface area contributed by atoms with Gasteiger partial charge in [0.25, 0.3) is 0 Å². The van der Waals surface area contributed by atoms with Crippen molar-refractivity contribution in [1.82, 2.24) is 4.98 Å². The van der Waals surface area contributed by atoms with Gasteiger partial charge in [0, 0.05) is 6.20 Å². The van der Waals surface area contributed by atoms with E-state index in [9.17, 15) is 0 Å². The van der Waals surface area contributed by atoms with Gasteiger partial charge < -0.3 is 4.74 Å². The van der Waals surface area contributed by atoms with Crippen LogP contribution in [0.2, 0.25) is 19.6 Å². The minimum Gasteiger partial charge on any atom is -0.495 e. The maximum atomic E-state index is 5.24. The van der Waals surface area contributed by atoms with Gasteiger partial charge in [0.2, 0.25) is 0 Å². The van der Waals surface area contributed by atoms with E-state index < -0.39 is 8.07 Å². The van der Waals surface area contributed by atoms with Crippen LogP contribution in [0.15, 0.2) is 18.3 Å². The van der Waals surface area contributed by atoms with Crippen molar-refractivity contribution in [2.75, 3.05) is 7.11 Å². The van der Waals surface area contributed by atoms with Gasteiger partial charge in [-0.3, -0.25) is 4.98 Å². The van der Waals surface area contributed by atoms with E-state index in [-0.39, 0.29) is 0 Å². The van der Waals surface area contributed by atoms with Gasteiger partial charge in [-0.25, -0.2) is 0 Å². The number of pyridine rings is 1. The highest BCUT2D eigenvalue weighted by Gasteiger charge is 2.21. The van der Waals surface area contributed by atoms with Crippen molar-refractivity contribution in [3.8, 4) is 5.75 Å². The van der Waals surface area contributed by atoms with E-state index in [0.29, 0.717) is 0 Å². The summed E-state index contributed by atoms with van der Waals surface area (Å²) in [7, 11) is 0.360. The van der Waals surface area contributed by atoms with Crippen LogP contribution in [0.4, 0.5) is 0 Å². The molecule has 0 unspecified atom stereocenters.